The summed E-state index contributed by atoms with van der Waals surface area (Å²) in [5.74, 6) is -1.60. The summed E-state index contributed by atoms with van der Waals surface area (Å²) in [6, 6.07) is 11.7. The Bertz CT molecular complexity index is 1340. The van der Waals surface area contributed by atoms with E-state index in [1.165, 1.54) is 12.1 Å². The van der Waals surface area contributed by atoms with Crippen LogP contribution in [0.5, 0.6) is 0 Å². The van der Waals surface area contributed by atoms with Crippen molar-refractivity contribution in [3.8, 4) is 11.5 Å². The summed E-state index contributed by atoms with van der Waals surface area (Å²) in [6.45, 7) is 1.73. The number of halogens is 3. The van der Waals surface area contributed by atoms with Gasteiger partial charge in [0, 0.05) is 17.7 Å². The van der Waals surface area contributed by atoms with Crippen molar-refractivity contribution in [2.45, 2.75) is 25.4 Å². The van der Waals surface area contributed by atoms with Crippen molar-refractivity contribution >= 4 is 11.0 Å². The molecule has 4 aromatic rings. The fraction of sp³-hybridized carbons (Fsp3) is 0.318. The van der Waals surface area contributed by atoms with Crippen molar-refractivity contribution in [1.29, 1.82) is 0 Å². The Morgan fingerprint density at radius 1 is 1.16 bits per heavy atom. The van der Waals surface area contributed by atoms with Crippen LogP contribution in [0.3, 0.4) is 0 Å². The van der Waals surface area contributed by atoms with Crippen LogP contribution in [0, 0.1) is 5.82 Å². The maximum atomic E-state index is 14.9. The third-order valence-electron chi connectivity index (χ3n) is 5.86. The quantitative estimate of drug-likeness (QED) is 0.469. The highest BCUT2D eigenvalue weighted by Crippen LogP contribution is 2.27. The summed E-state index contributed by atoms with van der Waals surface area (Å²) in [5, 5.41) is 6.81. The van der Waals surface area contributed by atoms with Crippen LogP contribution in [0.2, 0.25) is 0 Å². The van der Waals surface area contributed by atoms with E-state index in [9.17, 15) is 18.0 Å². The first-order valence-electron chi connectivity index (χ1n) is 10.2. The first-order valence-corrected chi connectivity index (χ1v) is 10.2. The Balaban J connectivity index is 1.51. The van der Waals surface area contributed by atoms with Gasteiger partial charge in [-0.1, -0.05) is 18.2 Å². The van der Waals surface area contributed by atoms with E-state index in [1.54, 1.807) is 9.13 Å². The smallest absolute Gasteiger partial charge is 0.329 e. The van der Waals surface area contributed by atoms with Gasteiger partial charge in [-0.05, 0) is 44.3 Å². The molecule has 1 aliphatic rings. The first-order chi connectivity index (χ1) is 15.4. The molecule has 0 N–H and O–H groups in total. The molecule has 1 saturated heterocycles. The van der Waals surface area contributed by atoms with Gasteiger partial charge in [0.15, 0.2) is 0 Å². The van der Waals surface area contributed by atoms with Gasteiger partial charge >= 0.3 is 12.1 Å². The zero-order chi connectivity index (χ0) is 22.4. The Hall–Kier alpha value is -3.40. The molecule has 0 bridgehead atoms. The van der Waals surface area contributed by atoms with Crippen LogP contribution in [0.25, 0.3) is 22.5 Å². The number of para-hydroxylation sites is 2. The van der Waals surface area contributed by atoms with E-state index in [0.29, 0.717) is 0 Å². The fourth-order valence-electron chi connectivity index (χ4n) is 4.28. The molecule has 0 amide bonds. The van der Waals surface area contributed by atoms with E-state index in [-0.39, 0.29) is 35.3 Å². The molecule has 0 radical (unpaired) electrons. The summed E-state index contributed by atoms with van der Waals surface area (Å²) < 4.78 is 48.5. The van der Waals surface area contributed by atoms with E-state index < -0.39 is 18.1 Å². The molecule has 1 atom stereocenters. The van der Waals surface area contributed by atoms with Crippen LogP contribution in [0.1, 0.15) is 30.3 Å². The van der Waals surface area contributed by atoms with Crippen LogP contribution < -0.4 is 5.69 Å². The molecule has 2 aromatic heterocycles. The maximum Gasteiger partial charge on any atom is 0.329 e. The van der Waals surface area contributed by atoms with Crippen molar-refractivity contribution in [3.63, 3.8) is 0 Å². The van der Waals surface area contributed by atoms with Crippen molar-refractivity contribution < 1.29 is 17.6 Å². The number of benzene rings is 2. The minimum atomic E-state index is -2.90. The van der Waals surface area contributed by atoms with E-state index in [2.05, 4.69) is 15.1 Å². The molecule has 0 aliphatic carbocycles. The van der Waals surface area contributed by atoms with E-state index in [0.717, 1.165) is 36.6 Å². The predicted molar refractivity (Wildman–Crippen MR) is 111 cm³/mol. The molecule has 10 heteroatoms. The van der Waals surface area contributed by atoms with Crippen LogP contribution in [0.15, 0.2) is 51.7 Å². The number of hydrogen-bond donors (Lipinski definition) is 0. The molecular formula is C22H20F3N5O2. The summed E-state index contributed by atoms with van der Waals surface area (Å²) in [4.78, 5) is 15.5. The third kappa shape index (κ3) is 3.50. The van der Waals surface area contributed by atoms with Gasteiger partial charge in [0.2, 0.25) is 5.89 Å². The minimum Gasteiger partial charge on any atom is -0.415 e. The lowest BCUT2D eigenvalue weighted by Gasteiger charge is -2.12. The number of likely N-dealkylation sites (tertiary alicyclic amines) is 1. The maximum absolute atomic E-state index is 14.9. The number of imidazole rings is 1. The number of likely N-dealkylation sites (N-methyl/N-ethyl adjacent to an activating group) is 1. The largest absolute Gasteiger partial charge is 0.415 e. The van der Waals surface area contributed by atoms with E-state index in [4.69, 9.17) is 4.42 Å². The predicted octanol–water partition coefficient (Wildman–Crippen LogP) is 3.85. The molecular weight excluding hydrogens is 423 g/mol. The van der Waals surface area contributed by atoms with Gasteiger partial charge in [-0.15, -0.1) is 10.2 Å². The SMILES string of the molecule is CN1CCC(n2c(=O)n(Cc3ccc(-c4nnc(C(F)F)o4)cc3F)c3ccccc32)C1. The molecule has 32 heavy (non-hydrogen) atoms. The Labute approximate surface area is 180 Å². The highest BCUT2D eigenvalue weighted by Gasteiger charge is 2.26. The molecule has 1 fully saturated rings. The van der Waals surface area contributed by atoms with Gasteiger partial charge in [0.25, 0.3) is 5.89 Å². The van der Waals surface area contributed by atoms with Crippen molar-refractivity contribution in [2.75, 3.05) is 20.1 Å². The molecule has 1 aliphatic heterocycles. The van der Waals surface area contributed by atoms with Crippen LogP contribution >= 0.6 is 0 Å². The second kappa shape index (κ2) is 7.94. The number of fused-ring (bicyclic) bond motifs is 1. The molecule has 5 rings (SSSR count). The average molecular weight is 443 g/mol. The van der Waals surface area contributed by atoms with Crippen LogP contribution in [0.4, 0.5) is 13.2 Å². The van der Waals surface area contributed by atoms with Gasteiger partial charge in [0.05, 0.1) is 23.6 Å². The van der Waals surface area contributed by atoms with Gasteiger partial charge in [0.1, 0.15) is 5.82 Å². The lowest BCUT2D eigenvalue weighted by Crippen LogP contribution is -2.29. The summed E-state index contributed by atoms with van der Waals surface area (Å²) >= 11 is 0. The topological polar surface area (TPSA) is 69.1 Å². The average Bonchev–Trinajstić information content (AvgIpc) is 3.48. The zero-order valence-electron chi connectivity index (χ0n) is 17.2. The van der Waals surface area contributed by atoms with E-state index in [1.807, 2.05) is 31.3 Å². The Morgan fingerprint density at radius 2 is 1.94 bits per heavy atom. The summed E-state index contributed by atoms with van der Waals surface area (Å²) in [5.41, 5.74) is 1.84. The molecule has 0 spiro atoms. The van der Waals surface area contributed by atoms with Crippen molar-refractivity contribution in [1.82, 2.24) is 24.2 Å². The lowest BCUT2D eigenvalue weighted by atomic mass is 10.1. The number of aromatic nitrogens is 4. The lowest BCUT2D eigenvalue weighted by molar-refractivity contribution is 0.116. The third-order valence-corrected chi connectivity index (χ3v) is 5.86. The Morgan fingerprint density at radius 3 is 2.59 bits per heavy atom. The fourth-order valence-corrected chi connectivity index (χ4v) is 4.28. The number of alkyl halides is 2. The number of rotatable bonds is 5. The molecule has 3 heterocycles. The molecule has 2 aromatic carbocycles. The van der Waals surface area contributed by atoms with Gasteiger partial charge in [-0.25, -0.2) is 9.18 Å². The van der Waals surface area contributed by atoms with E-state index >= 15 is 0 Å². The van der Waals surface area contributed by atoms with Gasteiger partial charge < -0.3 is 9.32 Å². The first kappa shape index (κ1) is 20.5. The molecule has 166 valence electrons. The number of nitrogens with zero attached hydrogens (tertiary/aromatic N) is 5. The summed E-state index contributed by atoms with van der Waals surface area (Å²) in [7, 11) is 2.02. The van der Waals surface area contributed by atoms with Crippen molar-refractivity contribution in [2.24, 2.45) is 0 Å². The minimum absolute atomic E-state index is 0.0349. The Kier molecular flexibility index (Phi) is 5.09. The van der Waals surface area contributed by atoms with Crippen LogP contribution in [-0.2, 0) is 6.54 Å². The summed E-state index contributed by atoms with van der Waals surface area (Å²) in [6.07, 6.45) is -2.03. The number of hydrogen-bond acceptors (Lipinski definition) is 5. The molecule has 0 saturated carbocycles. The monoisotopic (exact) mass is 443 g/mol. The highest BCUT2D eigenvalue weighted by atomic mass is 19.3. The molecule has 7 nitrogen and oxygen atoms in total. The van der Waals surface area contributed by atoms with Gasteiger partial charge in [-0.2, -0.15) is 8.78 Å². The van der Waals surface area contributed by atoms with Gasteiger partial charge in [-0.3, -0.25) is 9.13 Å². The molecule has 1 unspecified atom stereocenters. The van der Waals surface area contributed by atoms with Crippen molar-refractivity contribution in [3.05, 3.63) is 70.2 Å². The highest BCUT2D eigenvalue weighted by molar-refractivity contribution is 5.76. The normalized spacial score (nSPS) is 17.1. The zero-order valence-corrected chi connectivity index (χ0v) is 17.2. The standard InChI is InChI=1S/C22H20F3N5O2/c1-28-9-8-15(12-28)30-18-5-3-2-4-17(18)29(22(30)31)11-14-7-6-13(10-16(14)23)20-26-27-21(32-20)19(24)25/h2-7,10,15,19H,8-9,11-12H2,1H3. The second-order valence-corrected chi connectivity index (χ2v) is 7.98. The second-order valence-electron chi connectivity index (χ2n) is 7.98. The van der Waals surface area contributed by atoms with Crippen LogP contribution in [-0.4, -0.2) is 44.4 Å².